The van der Waals surface area contributed by atoms with Gasteiger partial charge in [0, 0.05) is 13.0 Å². The van der Waals surface area contributed by atoms with Gasteiger partial charge < -0.3 is 5.32 Å². The molecule has 0 aliphatic carbocycles. The molecule has 5 heteroatoms. The standard InChI is InChI=1S/C11H18ClN3O/c1-4-6-13-10(16)5-7-15-9(3)11(12)8(2)14-15/h4-7H2,1-3H3,(H,13,16). The molecule has 0 aromatic carbocycles. The Morgan fingerprint density at radius 2 is 2.19 bits per heavy atom. The van der Waals surface area contributed by atoms with Gasteiger partial charge in [0.1, 0.15) is 0 Å². The van der Waals surface area contributed by atoms with Crippen LogP contribution in [0, 0.1) is 13.8 Å². The number of hydrogen-bond donors (Lipinski definition) is 1. The van der Waals surface area contributed by atoms with Crippen molar-refractivity contribution in [2.75, 3.05) is 6.54 Å². The average molecular weight is 244 g/mol. The van der Waals surface area contributed by atoms with Crippen LogP contribution in [0.1, 0.15) is 31.2 Å². The van der Waals surface area contributed by atoms with Crippen LogP contribution in [0.4, 0.5) is 0 Å². The molecule has 4 nitrogen and oxygen atoms in total. The number of carbonyl (C=O) groups is 1. The molecule has 1 rings (SSSR count). The maximum Gasteiger partial charge on any atom is 0.221 e. The van der Waals surface area contributed by atoms with Crippen molar-refractivity contribution < 1.29 is 4.79 Å². The highest BCUT2D eigenvalue weighted by atomic mass is 35.5. The molecule has 0 saturated carbocycles. The van der Waals surface area contributed by atoms with Gasteiger partial charge in [-0.1, -0.05) is 18.5 Å². The van der Waals surface area contributed by atoms with Crippen molar-refractivity contribution in [3.63, 3.8) is 0 Å². The van der Waals surface area contributed by atoms with Crippen LogP contribution in [0.5, 0.6) is 0 Å². The largest absolute Gasteiger partial charge is 0.356 e. The topological polar surface area (TPSA) is 46.9 Å². The number of nitrogens with one attached hydrogen (secondary N) is 1. The molecule has 0 aliphatic rings. The first kappa shape index (κ1) is 13.0. The predicted octanol–water partition coefficient (Wildman–Crippen LogP) is 2.07. The molecule has 0 unspecified atom stereocenters. The first-order chi connectivity index (χ1) is 7.56. The zero-order chi connectivity index (χ0) is 12.1. The molecule has 1 N–H and O–H groups in total. The second-order valence-electron chi connectivity index (χ2n) is 3.81. The van der Waals surface area contributed by atoms with Crippen LogP contribution in [-0.4, -0.2) is 22.2 Å². The number of halogens is 1. The summed E-state index contributed by atoms with van der Waals surface area (Å²) in [5.41, 5.74) is 1.73. The Morgan fingerprint density at radius 3 is 2.69 bits per heavy atom. The monoisotopic (exact) mass is 243 g/mol. The second-order valence-corrected chi connectivity index (χ2v) is 4.19. The third-order valence-electron chi connectivity index (χ3n) is 2.42. The van der Waals surface area contributed by atoms with Gasteiger partial charge in [-0.15, -0.1) is 0 Å². The zero-order valence-corrected chi connectivity index (χ0v) is 10.8. The van der Waals surface area contributed by atoms with Gasteiger partial charge >= 0.3 is 0 Å². The van der Waals surface area contributed by atoms with Crippen LogP contribution in [-0.2, 0) is 11.3 Å². The summed E-state index contributed by atoms with van der Waals surface area (Å²) in [5.74, 6) is 0.0607. The number of hydrogen-bond acceptors (Lipinski definition) is 2. The van der Waals surface area contributed by atoms with Gasteiger partial charge in [-0.25, -0.2) is 0 Å². The molecule has 0 fully saturated rings. The lowest BCUT2D eigenvalue weighted by Gasteiger charge is -2.05. The van der Waals surface area contributed by atoms with Crippen LogP contribution in [0.25, 0.3) is 0 Å². The number of amides is 1. The second kappa shape index (κ2) is 5.89. The Balaban J connectivity index is 2.48. The third-order valence-corrected chi connectivity index (χ3v) is 2.96. The summed E-state index contributed by atoms with van der Waals surface area (Å²) in [6, 6.07) is 0. The highest BCUT2D eigenvalue weighted by Crippen LogP contribution is 2.18. The molecule has 1 aromatic heterocycles. The summed E-state index contributed by atoms with van der Waals surface area (Å²) in [7, 11) is 0. The van der Waals surface area contributed by atoms with E-state index in [0.717, 1.165) is 24.4 Å². The highest BCUT2D eigenvalue weighted by molar-refractivity contribution is 6.31. The SMILES string of the molecule is CCCNC(=O)CCn1nc(C)c(Cl)c1C. The van der Waals surface area contributed by atoms with Crippen molar-refractivity contribution >= 4 is 17.5 Å². The summed E-state index contributed by atoms with van der Waals surface area (Å²) in [6.07, 6.45) is 1.40. The summed E-state index contributed by atoms with van der Waals surface area (Å²) >= 11 is 6.01. The van der Waals surface area contributed by atoms with Crippen molar-refractivity contribution in [1.82, 2.24) is 15.1 Å². The lowest BCUT2D eigenvalue weighted by atomic mass is 10.3. The molecule has 16 heavy (non-hydrogen) atoms. The van der Waals surface area contributed by atoms with Crippen molar-refractivity contribution in [3.05, 3.63) is 16.4 Å². The van der Waals surface area contributed by atoms with Gasteiger partial charge in [-0.05, 0) is 20.3 Å². The van der Waals surface area contributed by atoms with E-state index in [9.17, 15) is 4.79 Å². The Kier molecular flexibility index (Phi) is 4.80. The first-order valence-electron chi connectivity index (χ1n) is 5.52. The molecule has 0 radical (unpaired) electrons. The van der Waals surface area contributed by atoms with E-state index in [4.69, 9.17) is 11.6 Å². The molecule has 1 amide bonds. The molecule has 90 valence electrons. The Hall–Kier alpha value is -1.03. The molecule has 0 atom stereocenters. The highest BCUT2D eigenvalue weighted by Gasteiger charge is 2.09. The van der Waals surface area contributed by atoms with Crippen molar-refractivity contribution in [1.29, 1.82) is 0 Å². The quantitative estimate of drug-likeness (QED) is 0.861. The van der Waals surface area contributed by atoms with Crippen LogP contribution < -0.4 is 5.32 Å². The molecule has 0 saturated heterocycles. The molecule has 1 aromatic rings. The number of aryl methyl sites for hydroxylation is 2. The van der Waals surface area contributed by atoms with Crippen LogP contribution >= 0.6 is 11.6 Å². The Morgan fingerprint density at radius 1 is 1.50 bits per heavy atom. The maximum absolute atomic E-state index is 11.4. The fourth-order valence-electron chi connectivity index (χ4n) is 1.45. The van der Waals surface area contributed by atoms with Crippen LogP contribution in [0.3, 0.4) is 0 Å². The number of carbonyl (C=O) groups excluding carboxylic acids is 1. The van der Waals surface area contributed by atoms with Gasteiger partial charge in [-0.2, -0.15) is 5.10 Å². The minimum absolute atomic E-state index is 0.0607. The number of aromatic nitrogens is 2. The third kappa shape index (κ3) is 3.23. The van der Waals surface area contributed by atoms with E-state index in [1.165, 1.54) is 0 Å². The van der Waals surface area contributed by atoms with Crippen LogP contribution in [0.15, 0.2) is 0 Å². The average Bonchev–Trinajstić information content (AvgIpc) is 2.51. The maximum atomic E-state index is 11.4. The Labute approximate surface area is 101 Å². The van der Waals surface area contributed by atoms with E-state index in [-0.39, 0.29) is 5.91 Å². The zero-order valence-electron chi connectivity index (χ0n) is 10.0. The fourth-order valence-corrected chi connectivity index (χ4v) is 1.59. The number of rotatable bonds is 5. The summed E-state index contributed by atoms with van der Waals surface area (Å²) in [5, 5.41) is 7.79. The first-order valence-corrected chi connectivity index (χ1v) is 5.90. The van der Waals surface area contributed by atoms with Gasteiger partial charge in [-0.3, -0.25) is 9.48 Å². The van der Waals surface area contributed by atoms with Gasteiger partial charge in [0.2, 0.25) is 5.91 Å². The summed E-state index contributed by atoms with van der Waals surface area (Å²) in [4.78, 5) is 11.4. The summed E-state index contributed by atoms with van der Waals surface area (Å²) < 4.78 is 1.78. The van der Waals surface area contributed by atoms with E-state index in [0.29, 0.717) is 18.0 Å². The molecule has 0 bridgehead atoms. The molecular formula is C11H18ClN3O. The molecule has 0 spiro atoms. The minimum Gasteiger partial charge on any atom is -0.356 e. The van der Waals surface area contributed by atoms with Crippen molar-refractivity contribution in [3.8, 4) is 0 Å². The van der Waals surface area contributed by atoms with Crippen molar-refractivity contribution in [2.45, 2.75) is 40.2 Å². The van der Waals surface area contributed by atoms with E-state index in [1.54, 1.807) is 4.68 Å². The number of nitrogens with zero attached hydrogens (tertiary/aromatic N) is 2. The molecule has 0 aliphatic heterocycles. The smallest absolute Gasteiger partial charge is 0.221 e. The van der Waals surface area contributed by atoms with E-state index in [1.807, 2.05) is 20.8 Å². The molecule has 1 heterocycles. The van der Waals surface area contributed by atoms with E-state index in [2.05, 4.69) is 10.4 Å². The lowest BCUT2D eigenvalue weighted by molar-refractivity contribution is -0.121. The van der Waals surface area contributed by atoms with E-state index >= 15 is 0 Å². The Bertz CT molecular complexity index is 374. The lowest BCUT2D eigenvalue weighted by Crippen LogP contribution is -2.25. The van der Waals surface area contributed by atoms with E-state index < -0.39 is 0 Å². The fraction of sp³-hybridized carbons (Fsp3) is 0.636. The summed E-state index contributed by atoms with van der Waals surface area (Å²) in [6.45, 7) is 7.11. The van der Waals surface area contributed by atoms with Crippen LogP contribution in [0.2, 0.25) is 5.02 Å². The normalized spacial score (nSPS) is 10.5. The van der Waals surface area contributed by atoms with Gasteiger partial charge in [0.25, 0.3) is 0 Å². The minimum atomic E-state index is 0.0607. The van der Waals surface area contributed by atoms with Gasteiger partial charge in [0.15, 0.2) is 0 Å². The van der Waals surface area contributed by atoms with Crippen molar-refractivity contribution in [2.24, 2.45) is 0 Å². The predicted molar refractivity (Wildman–Crippen MR) is 64.6 cm³/mol. The molecular weight excluding hydrogens is 226 g/mol. The van der Waals surface area contributed by atoms with Gasteiger partial charge in [0.05, 0.1) is 23.0 Å².